The van der Waals surface area contributed by atoms with Gasteiger partial charge in [-0.25, -0.2) is 0 Å². The van der Waals surface area contributed by atoms with Crippen molar-refractivity contribution in [2.45, 2.75) is 0 Å². The van der Waals surface area contributed by atoms with Gasteiger partial charge in [0.15, 0.2) is 0 Å². The molecule has 1 aliphatic heterocycles. The third-order valence-electron chi connectivity index (χ3n) is 0.729. The van der Waals surface area contributed by atoms with Crippen LogP contribution in [0.2, 0.25) is 0 Å². The van der Waals surface area contributed by atoms with Crippen molar-refractivity contribution in [2.24, 2.45) is 0 Å². The highest BCUT2D eigenvalue weighted by atomic mass is 15.1. The second-order valence-electron chi connectivity index (χ2n) is 1.18. The Labute approximate surface area is 39.9 Å². The first-order valence-corrected chi connectivity index (χ1v) is 1.91. The summed E-state index contributed by atoms with van der Waals surface area (Å²) in [5.74, 6) is 0. The van der Waals surface area contributed by atoms with Gasteiger partial charge >= 0.3 is 0 Å². The van der Waals surface area contributed by atoms with Gasteiger partial charge in [0, 0.05) is 19.8 Å². The van der Waals surface area contributed by atoms with Gasteiger partial charge in [0.2, 0.25) is 0 Å². The molecule has 2 nitrogen and oxygen atoms in total. The van der Waals surface area contributed by atoms with Crippen molar-refractivity contribution >= 4 is 8.41 Å². The Hall–Kier alpha value is -0.0151. The SMILES string of the molecule is B.C1CNCN1. The zero-order valence-corrected chi connectivity index (χ0v) is 3.12. The molecular formula is C3H11BN2. The van der Waals surface area contributed by atoms with Gasteiger partial charge < -0.3 is 10.6 Å². The third-order valence-corrected chi connectivity index (χ3v) is 0.729. The molecule has 2 N–H and O–H groups in total. The highest BCUT2D eigenvalue weighted by Gasteiger charge is 1.90. The van der Waals surface area contributed by atoms with Crippen LogP contribution in [0.1, 0.15) is 0 Å². The van der Waals surface area contributed by atoms with E-state index in [9.17, 15) is 0 Å². The summed E-state index contributed by atoms with van der Waals surface area (Å²) in [6.07, 6.45) is 0. The summed E-state index contributed by atoms with van der Waals surface area (Å²) in [7, 11) is 0. The van der Waals surface area contributed by atoms with Crippen molar-refractivity contribution in [2.75, 3.05) is 19.8 Å². The van der Waals surface area contributed by atoms with E-state index in [1.165, 1.54) is 0 Å². The molecule has 0 aromatic heterocycles. The van der Waals surface area contributed by atoms with Gasteiger partial charge in [-0.05, 0) is 0 Å². The first-order valence-electron chi connectivity index (χ1n) is 1.91. The molecule has 0 atom stereocenters. The lowest BCUT2D eigenvalue weighted by atomic mass is 10.7. The Morgan fingerprint density at radius 1 is 1.00 bits per heavy atom. The summed E-state index contributed by atoms with van der Waals surface area (Å²) >= 11 is 0. The minimum atomic E-state index is 0. The van der Waals surface area contributed by atoms with E-state index in [0.717, 1.165) is 19.8 Å². The predicted octanol–water partition coefficient (Wildman–Crippen LogP) is -2.05. The molecule has 0 bridgehead atoms. The maximum Gasteiger partial charge on any atom is 0.0814 e. The molecule has 0 spiro atoms. The molecule has 0 aliphatic carbocycles. The third kappa shape index (κ3) is 1.43. The summed E-state index contributed by atoms with van der Waals surface area (Å²) in [4.78, 5) is 0. The smallest absolute Gasteiger partial charge is 0.0814 e. The van der Waals surface area contributed by atoms with E-state index in [1.807, 2.05) is 0 Å². The molecule has 1 fully saturated rings. The van der Waals surface area contributed by atoms with E-state index in [4.69, 9.17) is 0 Å². The van der Waals surface area contributed by atoms with E-state index in [0.29, 0.717) is 0 Å². The average Bonchev–Trinajstić information content (AvgIpc) is 1.76. The molecule has 1 heterocycles. The fourth-order valence-electron chi connectivity index (χ4n) is 0.442. The monoisotopic (exact) mass is 86.1 g/mol. The van der Waals surface area contributed by atoms with Gasteiger partial charge in [0.1, 0.15) is 0 Å². The topological polar surface area (TPSA) is 24.1 Å². The lowest BCUT2D eigenvalue weighted by Gasteiger charge is -1.77. The van der Waals surface area contributed by atoms with Gasteiger partial charge in [0.05, 0.1) is 8.41 Å². The van der Waals surface area contributed by atoms with Crippen molar-refractivity contribution in [3.05, 3.63) is 0 Å². The minimum absolute atomic E-state index is 0. The Morgan fingerprint density at radius 3 is 1.67 bits per heavy atom. The summed E-state index contributed by atoms with van der Waals surface area (Å²) in [5, 5.41) is 6.22. The maximum absolute atomic E-state index is 3.11. The van der Waals surface area contributed by atoms with Crippen LogP contribution in [-0.2, 0) is 0 Å². The normalized spacial score (nSPS) is 20.0. The molecule has 0 aromatic rings. The number of hydrogen-bond acceptors (Lipinski definition) is 2. The fourth-order valence-corrected chi connectivity index (χ4v) is 0.442. The molecule has 0 radical (unpaired) electrons. The van der Waals surface area contributed by atoms with E-state index in [2.05, 4.69) is 10.6 Å². The van der Waals surface area contributed by atoms with Crippen LogP contribution in [0.25, 0.3) is 0 Å². The van der Waals surface area contributed by atoms with Crippen molar-refractivity contribution < 1.29 is 0 Å². The highest BCUT2D eigenvalue weighted by Crippen LogP contribution is 1.62. The first kappa shape index (κ1) is 5.98. The quantitative estimate of drug-likeness (QED) is 0.331. The number of hydrogen-bond donors (Lipinski definition) is 2. The van der Waals surface area contributed by atoms with E-state index < -0.39 is 0 Å². The average molecular weight is 85.9 g/mol. The van der Waals surface area contributed by atoms with Crippen LogP contribution in [0.5, 0.6) is 0 Å². The largest absolute Gasteiger partial charge is 0.303 e. The molecule has 36 valence electrons. The van der Waals surface area contributed by atoms with Crippen molar-refractivity contribution in [3.63, 3.8) is 0 Å². The Balaban J connectivity index is 0.000000250. The molecular weight excluding hydrogens is 74.9 g/mol. The molecule has 0 amide bonds. The van der Waals surface area contributed by atoms with Crippen LogP contribution in [0.3, 0.4) is 0 Å². The molecule has 1 rings (SSSR count). The molecule has 3 heteroatoms. The Morgan fingerprint density at radius 2 is 1.50 bits per heavy atom. The van der Waals surface area contributed by atoms with Crippen LogP contribution >= 0.6 is 0 Å². The molecule has 1 saturated heterocycles. The van der Waals surface area contributed by atoms with Crippen LogP contribution in [-0.4, -0.2) is 28.2 Å². The number of rotatable bonds is 0. The van der Waals surface area contributed by atoms with Crippen molar-refractivity contribution in [1.82, 2.24) is 10.6 Å². The predicted molar refractivity (Wildman–Crippen MR) is 30.8 cm³/mol. The lowest BCUT2D eigenvalue weighted by Crippen LogP contribution is -2.11. The van der Waals surface area contributed by atoms with Gasteiger partial charge in [-0.15, -0.1) is 0 Å². The van der Waals surface area contributed by atoms with Gasteiger partial charge in [-0.2, -0.15) is 0 Å². The van der Waals surface area contributed by atoms with Crippen LogP contribution in [0.15, 0.2) is 0 Å². The van der Waals surface area contributed by atoms with E-state index in [-0.39, 0.29) is 8.41 Å². The molecule has 0 aromatic carbocycles. The van der Waals surface area contributed by atoms with Crippen molar-refractivity contribution in [1.29, 1.82) is 0 Å². The van der Waals surface area contributed by atoms with Gasteiger partial charge in [-0.3, -0.25) is 0 Å². The zero-order valence-electron chi connectivity index (χ0n) is 3.12. The molecule has 1 aliphatic rings. The summed E-state index contributed by atoms with van der Waals surface area (Å²) in [6, 6.07) is 0. The lowest BCUT2D eigenvalue weighted by molar-refractivity contribution is 0.807. The second-order valence-corrected chi connectivity index (χ2v) is 1.18. The molecule has 6 heavy (non-hydrogen) atoms. The first-order chi connectivity index (χ1) is 2.50. The second kappa shape index (κ2) is 3.19. The fraction of sp³-hybridized carbons (Fsp3) is 1.00. The molecule has 0 unspecified atom stereocenters. The summed E-state index contributed by atoms with van der Waals surface area (Å²) in [5.41, 5.74) is 0. The number of nitrogens with one attached hydrogen (secondary N) is 2. The van der Waals surface area contributed by atoms with Crippen LogP contribution in [0, 0.1) is 0 Å². The van der Waals surface area contributed by atoms with Gasteiger partial charge in [-0.1, -0.05) is 0 Å². The zero-order chi connectivity index (χ0) is 3.54. The van der Waals surface area contributed by atoms with E-state index in [1.54, 1.807) is 0 Å². The minimum Gasteiger partial charge on any atom is -0.303 e. The summed E-state index contributed by atoms with van der Waals surface area (Å²) < 4.78 is 0. The van der Waals surface area contributed by atoms with Gasteiger partial charge in [0.25, 0.3) is 0 Å². The molecule has 0 saturated carbocycles. The van der Waals surface area contributed by atoms with E-state index >= 15 is 0 Å². The van der Waals surface area contributed by atoms with Crippen LogP contribution < -0.4 is 10.6 Å². The summed E-state index contributed by atoms with van der Waals surface area (Å²) in [6.45, 7) is 3.28. The Kier molecular flexibility index (Phi) is 3.18. The highest BCUT2D eigenvalue weighted by molar-refractivity contribution is 5.75. The standard InChI is InChI=1S/C3H8N2.BH3/c1-2-5-3-4-1;/h4-5H,1-3H2;1H3. The van der Waals surface area contributed by atoms with Crippen LogP contribution in [0.4, 0.5) is 0 Å². The van der Waals surface area contributed by atoms with Crippen molar-refractivity contribution in [3.8, 4) is 0 Å². The Bertz CT molecular complexity index is 20.4. The maximum atomic E-state index is 3.11.